The topological polar surface area (TPSA) is 86.2 Å². The molecule has 0 unspecified atom stereocenters. The summed E-state index contributed by atoms with van der Waals surface area (Å²) >= 11 is 3.30. The molecule has 4 aromatic heterocycles. The second kappa shape index (κ2) is 8.23. The number of fused-ring (bicyclic) bond motifs is 6. The van der Waals surface area contributed by atoms with E-state index in [-0.39, 0.29) is 11.3 Å². The molecular weight excluding hydrogens is 444 g/mol. The minimum atomic E-state index is -0.246. The van der Waals surface area contributed by atoms with E-state index in [2.05, 4.69) is 9.97 Å². The SMILES string of the molecule is O=c1oc(CCCCc2nc3sc4c(c3c(=O)o2)CCCC4)nc2sc3c(c12)CCCC3. The van der Waals surface area contributed by atoms with Gasteiger partial charge in [0.15, 0.2) is 11.8 Å². The van der Waals surface area contributed by atoms with E-state index < -0.39 is 0 Å². The Hall–Kier alpha value is -2.32. The molecule has 0 aliphatic heterocycles. The zero-order valence-electron chi connectivity index (χ0n) is 17.8. The number of nitrogens with zero attached hydrogens (tertiary/aromatic N) is 2. The standard InChI is InChI=1S/C24H24N2O4S2/c27-23-19-13-7-1-3-9-15(13)31-21(19)25-17(29-23)11-5-6-12-18-26-22-20(24(28)30-18)14-8-2-4-10-16(14)32-22/h1-12H2. The quantitative estimate of drug-likeness (QED) is 0.377. The highest BCUT2D eigenvalue weighted by molar-refractivity contribution is 7.19. The third kappa shape index (κ3) is 3.53. The van der Waals surface area contributed by atoms with Crippen LogP contribution in [0.2, 0.25) is 0 Å². The van der Waals surface area contributed by atoms with E-state index >= 15 is 0 Å². The minimum absolute atomic E-state index is 0.246. The fourth-order valence-corrected chi connectivity index (χ4v) is 7.56. The Balaban J connectivity index is 1.15. The van der Waals surface area contributed by atoms with Crippen LogP contribution < -0.4 is 11.3 Å². The van der Waals surface area contributed by atoms with Crippen LogP contribution in [0.3, 0.4) is 0 Å². The number of hydrogen-bond donors (Lipinski definition) is 0. The van der Waals surface area contributed by atoms with Crippen LogP contribution in [0.25, 0.3) is 20.4 Å². The van der Waals surface area contributed by atoms with Crippen molar-refractivity contribution in [1.82, 2.24) is 9.97 Å². The van der Waals surface area contributed by atoms with Crippen LogP contribution in [0.5, 0.6) is 0 Å². The van der Waals surface area contributed by atoms with E-state index in [1.165, 1.54) is 22.6 Å². The molecule has 0 spiro atoms. The average Bonchev–Trinajstić information content (AvgIpc) is 3.35. The number of rotatable bonds is 5. The Kier molecular flexibility index (Phi) is 5.22. The summed E-state index contributed by atoms with van der Waals surface area (Å²) in [5.74, 6) is 0.994. The van der Waals surface area contributed by atoms with Gasteiger partial charge in [0.25, 0.3) is 0 Å². The number of thiophene rings is 2. The molecule has 0 aromatic carbocycles. The van der Waals surface area contributed by atoms with Gasteiger partial charge >= 0.3 is 11.3 Å². The first-order chi connectivity index (χ1) is 15.7. The Bertz CT molecular complexity index is 1330. The van der Waals surface area contributed by atoms with E-state index in [1.54, 1.807) is 22.7 Å². The van der Waals surface area contributed by atoms with Gasteiger partial charge in [-0.25, -0.2) is 19.6 Å². The summed E-state index contributed by atoms with van der Waals surface area (Å²) in [6.07, 6.45) is 11.4. The molecule has 0 bridgehead atoms. The van der Waals surface area contributed by atoms with Crippen molar-refractivity contribution < 1.29 is 8.83 Å². The van der Waals surface area contributed by atoms with Gasteiger partial charge in [-0.15, -0.1) is 22.7 Å². The minimum Gasteiger partial charge on any atom is -0.408 e. The van der Waals surface area contributed by atoms with Gasteiger partial charge in [0.2, 0.25) is 0 Å². The van der Waals surface area contributed by atoms with Crippen molar-refractivity contribution in [2.24, 2.45) is 0 Å². The van der Waals surface area contributed by atoms with E-state index in [4.69, 9.17) is 8.83 Å². The molecular formula is C24H24N2O4S2. The predicted octanol–water partition coefficient (Wildman–Crippen LogP) is 5.14. The van der Waals surface area contributed by atoms with Crippen molar-refractivity contribution in [3.63, 3.8) is 0 Å². The van der Waals surface area contributed by atoms with Crippen LogP contribution in [0.4, 0.5) is 0 Å². The summed E-state index contributed by atoms with van der Waals surface area (Å²) in [5.41, 5.74) is 1.83. The van der Waals surface area contributed by atoms with Crippen molar-refractivity contribution in [2.45, 2.75) is 77.0 Å². The second-order valence-electron chi connectivity index (χ2n) is 8.78. The molecule has 2 aliphatic carbocycles. The monoisotopic (exact) mass is 468 g/mol. The zero-order valence-corrected chi connectivity index (χ0v) is 19.5. The maximum Gasteiger partial charge on any atom is 0.348 e. The Morgan fingerprint density at radius 3 is 1.56 bits per heavy atom. The summed E-state index contributed by atoms with van der Waals surface area (Å²) in [5, 5.41) is 1.40. The molecule has 0 saturated heterocycles. The number of aryl methyl sites for hydroxylation is 6. The van der Waals surface area contributed by atoms with E-state index in [0.717, 1.165) is 72.2 Å². The largest absolute Gasteiger partial charge is 0.408 e. The van der Waals surface area contributed by atoms with Crippen LogP contribution in [-0.4, -0.2) is 9.97 Å². The average molecular weight is 469 g/mol. The maximum atomic E-state index is 12.6. The third-order valence-corrected chi connectivity index (χ3v) is 8.99. The zero-order chi connectivity index (χ0) is 21.7. The van der Waals surface area contributed by atoms with Crippen molar-refractivity contribution >= 4 is 43.1 Å². The third-order valence-electron chi connectivity index (χ3n) is 6.62. The molecule has 0 radical (unpaired) electrons. The molecule has 0 saturated carbocycles. The van der Waals surface area contributed by atoms with Crippen molar-refractivity contribution in [3.05, 3.63) is 53.5 Å². The summed E-state index contributed by atoms with van der Waals surface area (Å²) in [4.78, 5) is 38.7. The number of unbranched alkanes of at least 4 members (excludes halogenated alkanes) is 1. The highest BCUT2D eigenvalue weighted by atomic mass is 32.1. The molecule has 6 nitrogen and oxygen atoms in total. The lowest BCUT2D eigenvalue weighted by Gasteiger charge is -2.09. The number of hydrogen-bond acceptors (Lipinski definition) is 8. The molecule has 4 heterocycles. The fourth-order valence-electron chi connectivity index (χ4n) is 5.04. The van der Waals surface area contributed by atoms with Gasteiger partial charge in [0, 0.05) is 22.6 Å². The van der Waals surface area contributed by atoms with Crippen molar-refractivity contribution in [1.29, 1.82) is 0 Å². The second-order valence-corrected chi connectivity index (χ2v) is 10.9. The van der Waals surface area contributed by atoms with Gasteiger partial charge in [-0.2, -0.15) is 0 Å². The first-order valence-corrected chi connectivity index (χ1v) is 13.2. The summed E-state index contributed by atoms with van der Waals surface area (Å²) < 4.78 is 11.1. The molecule has 2 aliphatic rings. The Morgan fingerprint density at radius 2 is 1.09 bits per heavy atom. The van der Waals surface area contributed by atoms with Crippen LogP contribution in [0, 0.1) is 0 Å². The highest BCUT2D eigenvalue weighted by Crippen LogP contribution is 2.35. The van der Waals surface area contributed by atoms with Gasteiger partial charge in [0.1, 0.15) is 20.4 Å². The Morgan fingerprint density at radius 1 is 0.656 bits per heavy atom. The van der Waals surface area contributed by atoms with Crippen LogP contribution in [0.1, 0.15) is 71.2 Å². The molecule has 6 rings (SSSR count). The Labute approximate surface area is 192 Å². The van der Waals surface area contributed by atoms with Crippen LogP contribution in [0.15, 0.2) is 18.4 Å². The van der Waals surface area contributed by atoms with E-state index in [9.17, 15) is 9.59 Å². The fraction of sp³-hybridized carbons (Fsp3) is 0.500. The van der Waals surface area contributed by atoms with Gasteiger partial charge in [0.05, 0.1) is 0 Å². The lowest BCUT2D eigenvalue weighted by atomic mass is 9.97. The molecule has 166 valence electrons. The first kappa shape index (κ1) is 20.3. The molecule has 4 aromatic rings. The molecule has 8 heteroatoms. The lowest BCUT2D eigenvalue weighted by molar-refractivity contribution is 0.419. The van der Waals surface area contributed by atoms with Gasteiger partial charge < -0.3 is 8.83 Å². The molecule has 0 amide bonds. The summed E-state index contributed by atoms with van der Waals surface area (Å²) in [6, 6.07) is 0. The van der Waals surface area contributed by atoms with Gasteiger partial charge in [-0.1, -0.05) is 0 Å². The van der Waals surface area contributed by atoms with E-state index in [1.807, 2.05) is 0 Å². The maximum absolute atomic E-state index is 12.6. The molecule has 0 atom stereocenters. The molecule has 0 fully saturated rings. The van der Waals surface area contributed by atoms with Gasteiger partial charge in [-0.3, -0.25) is 0 Å². The van der Waals surface area contributed by atoms with Crippen LogP contribution in [-0.2, 0) is 38.5 Å². The smallest absolute Gasteiger partial charge is 0.348 e. The number of aromatic nitrogens is 2. The summed E-state index contributed by atoms with van der Waals surface area (Å²) in [7, 11) is 0. The molecule has 32 heavy (non-hydrogen) atoms. The summed E-state index contributed by atoms with van der Waals surface area (Å²) in [6.45, 7) is 0. The van der Waals surface area contributed by atoms with Crippen LogP contribution >= 0.6 is 22.7 Å². The van der Waals surface area contributed by atoms with Crippen molar-refractivity contribution in [3.8, 4) is 0 Å². The van der Waals surface area contributed by atoms with Crippen molar-refractivity contribution in [2.75, 3.05) is 0 Å². The first-order valence-electron chi connectivity index (χ1n) is 11.6. The lowest BCUT2D eigenvalue weighted by Crippen LogP contribution is -2.08. The van der Waals surface area contributed by atoms with E-state index in [0.29, 0.717) is 35.4 Å². The molecule has 0 N–H and O–H groups in total. The predicted molar refractivity (Wildman–Crippen MR) is 126 cm³/mol. The normalized spacial score (nSPS) is 15.9. The highest BCUT2D eigenvalue weighted by Gasteiger charge is 2.22. The van der Waals surface area contributed by atoms with Gasteiger partial charge in [-0.05, 0) is 75.3 Å².